The zero-order valence-corrected chi connectivity index (χ0v) is 12.6. The summed E-state index contributed by atoms with van der Waals surface area (Å²) in [6, 6.07) is 0. The van der Waals surface area contributed by atoms with Gasteiger partial charge in [0, 0.05) is 5.38 Å². The number of hydrogen-bond acceptors (Lipinski definition) is 4. The lowest BCUT2D eigenvalue weighted by molar-refractivity contribution is 0.503. The summed E-state index contributed by atoms with van der Waals surface area (Å²) < 4.78 is 26.6. The lowest BCUT2D eigenvalue weighted by atomic mass is 10.0. The fourth-order valence-corrected chi connectivity index (χ4v) is 4.02. The van der Waals surface area contributed by atoms with Gasteiger partial charge in [0.2, 0.25) is 5.96 Å². The molecule has 18 heavy (non-hydrogen) atoms. The third-order valence-corrected chi connectivity index (χ3v) is 6.01. The minimum atomic E-state index is -3.56. The van der Waals surface area contributed by atoms with Crippen molar-refractivity contribution in [1.82, 2.24) is 4.72 Å². The summed E-state index contributed by atoms with van der Waals surface area (Å²) in [4.78, 5) is 4.36. The van der Waals surface area contributed by atoms with Gasteiger partial charge in [-0.2, -0.15) is 0 Å². The van der Waals surface area contributed by atoms with Crippen LogP contribution in [0.2, 0.25) is 5.02 Å². The Morgan fingerprint density at radius 2 is 2.17 bits per heavy atom. The van der Waals surface area contributed by atoms with E-state index in [-0.39, 0.29) is 15.7 Å². The van der Waals surface area contributed by atoms with Gasteiger partial charge in [0.05, 0.1) is 16.2 Å². The molecular weight excluding hydrogens is 294 g/mol. The average Bonchev–Trinajstić information content (AvgIpc) is 2.60. The van der Waals surface area contributed by atoms with Crippen molar-refractivity contribution in [2.75, 3.05) is 5.32 Å². The first-order valence-electron chi connectivity index (χ1n) is 5.42. The molecule has 0 spiro atoms. The zero-order valence-electron chi connectivity index (χ0n) is 10.2. The van der Waals surface area contributed by atoms with E-state index in [4.69, 9.17) is 11.6 Å². The number of sulfonamides is 1. The van der Waals surface area contributed by atoms with Crippen LogP contribution >= 0.6 is 22.9 Å². The van der Waals surface area contributed by atoms with E-state index in [9.17, 15) is 8.42 Å². The molecule has 0 saturated heterocycles. The fourth-order valence-electron chi connectivity index (χ4n) is 1.38. The molecule has 100 valence electrons. The van der Waals surface area contributed by atoms with E-state index < -0.39 is 10.0 Å². The normalized spacial score (nSPS) is 20.1. The second kappa shape index (κ2) is 4.40. The van der Waals surface area contributed by atoms with Gasteiger partial charge in [0.1, 0.15) is 0 Å². The van der Waals surface area contributed by atoms with Crippen LogP contribution in [0.15, 0.2) is 14.6 Å². The van der Waals surface area contributed by atoms with E-state index in [2.05, 4.69) is 15.0 Å². The van der Waals surface area contributed by atoms with Gasteiger partial charge in [-0.15, -0.1) is 11.3 Å². The van der Waals surface area contributed by atoms with E-state index in [0.29, 0.717) is 10.7 Å². The summed E-state index contributed by atoms with van der Waals surface area (Å²) in [5, 5.41) is 4.91. The highest BCUT2D eigenvalue weighted by atomic mass is 35.5. The van der Waals surface area contributed by atoms with Crippen LogP contribution in [0.4, 0.5) is 5.69 Å². The van der Waals surface area contributed by atoms with Crippen LogP contribution in [0, 0.1) is 0 Å². The van der Waals surface area contributed by atoms with Gasteiger partial charge >= 0.3 is 0 Å². The average molecular weight is 308 g/mol. The van der Waals surface area contributed by atoms with Gasteiger partial charge in [-0.25, -0.2) is 18.1 Å². The van der Waals surface area contributed by atoms with Crippen LogP contribution in [-0.4, -0.2) is 19.9 Å². The monoisotopic (exact) mass is 307 g/mol. The van der Waals surface area contributed by atoms with Gasteiger partial charge in [0.25, 0.3) is 10.0 Å². The minimum Gasteiger partial charge on any atom is -0.322 e. The maximum Gasteiger partial charge on any atom is 0.275 e. The molecular formula is C10H14ClN3O2S2. The van der Waals surface area contributed by atoms with E-state index in [1.54, 1.807) is 5.38 Å². The molecule has 0 radical (unpaired) electrons. The van der Waals surface area contributed by atoms with Gasteiger partial charge in [0.15, 0.2) is 4.21 Å². The molecule has 0 amide bonds. The van der Waals surface area contributed by atoms with Crippen molar-refractivity contribution >= 4 is 44.6 Å². The topological polar surface area (TPSA) is 70.6 Å². The van der Waals surface area contributed by atoms with Crippen molar-refractivity contribution in [2.24, 2.45) is 4.99 Å². The lowest BCUT2D eigenvalue weighted by Gasteiger charge is -2.24. The summed E-state index contributed by atoms with van der Waals surface area (Å²) in [7, 11) is -3.56. The van der Waals surface area contributed by atoms with Crippen molar-refractivity contribution in [3.63, 3.8) is 0 Å². The predicted octanol–water partition coefficient (Wildman–Crippen LogP) is 2.65. The van der Waals surface area contributed by atoms with E-state index >= 15 is 0 Å². The van der Waals surface area contributed by atoms with E-state index in [1.165, 1.54) is 0 Å². The van der Waals surface area contributed by atoms with E-state index in [1.807, 2.05) is 20.8 Å². The van der Waals surface area contributed by atoms with Gasteiger partial charge < -0.3 is 5.32 Å². The quantitative estimate of drug-likeness (QED) is 0.882. The van der Waals surface area contributed by atoms with Crippen molar-refractivity contribution in [3.8, 4) is 0 Å². The summed E-state index contributed by atoms with van der Waals surface area (Å²) in [5.74, 6) is 0.217. The maximum absolute atomic E-state index is 12.0. The second-order valence-electron chi connectivity index (χ2n) is 4.60. The number of aliphatic imine (C=N–C) groups is 1. The van der Waals surface area contributed by atoms with Gasteiger partial charge in [-0.1, -0.05) is 18.5 Å². The first-order chi connectivity index (χ1) is 8.25. The molecule has 0 aliphatic carbocycles. The van der Waals surface area contributed by atoms with Crippen molar-refractivity contribution in [3.05, 3.63) is 10.4 Å². The number of hydrogen-bond donors (Lipinski definition) is 2. The first kappa shape index (κ1) is 13.6. The van der Waals surface area contributed by atoms with Crippen LogP contribution in [-0.2, 0) is 10.0 Å². The third kappa shape index (κ3) is 2.48. The molecule has 1 aromatic heterocycles. The lowest BCUT2D eigenvalue weighted by Crippen LogP contribution is -2.41. The number of anilines is 1. The Labute approximate surface area is 115 Å². The number of thiophene rings is 1. The first-order valence-corrected chi connectivity index (χ1v) is 8.16. The van der Waals surface area contributed by atoms with Crippen molar-refractivity contribution in [2.45, 2.75) is 36.9 Å². The molecule has 1 aliphatic rings. The maximum atomic E-state index is 12.0. The Hall–Kier alpha value is -0.790. The van der Waals surface area contributed by atoms with Crippen LogP contribution in [0.5, 0.6) is 0 Å². The number of halogens is 1. The highest BCUT2D eigenvalue weighted by Crippen LogP contribution is 2.37. The fraction of sp³-hybridized carbons (Fsp3) is 0.500. The summed E-state index contributed by atoms with van der Waals surface area (Å²) in [6.07, 6.45) is 0.796. The van der Waals surface area contributed by atoms with Crippen LogP contribution < -0.4 is 10.0 Å². The Balaban J connectivity index is 2.47. The Morgan fingerprint density at radius 3 is 2.78 bits per heavy atom. The molecule has 0 aromatic carbocycles. The Morgan fingerprint density at radius 1 is 1.50 bits per heavy atom. The van der Waals surface area contributed by atoms with E-state index in [0.717, 1.165) is 17.8 Å². The predicted molar refractivity (Wildman–Crippen MR) is 75.1 cm³/mol. The van der Waals surface area contributed by atoms with Crippen LogP contribution in [0.3, 0.4) is 0 Å². The number of guanidine groups is 1. The highest BCUT2D eigenvalue weighted by Gasteiger charge is 2.31. The molecule has 0 unspecified atom stereocenters. The minimum absolute atomic E-state index is 0.195. The molecule has 8 heteroatoms. The number of nitrogens with one attached hydrogen (secondary N) is 2. The zero-order chi connectivity index (χ0) is 13.6. The standard InChI is InChI=1S/C10H14ClN3O2S2/c1-4-10(2,3)13-9-12-7-6(11)5-17-8(7)18(15,16)14-9/h5H,4H2,1-3H3,(H2,12,13,14). The number of rotatable bonds is 2. The number of nitrogens with zero attached hydrogens (tertiary/aromatic N) is 1. The molecule has 1 aromatic rings. The van der Waals surface area contributed by atoms with Crippen LogP contribution in [0.25, 0.3) is 0 Å². The van der Waals surface area contributed by atoms with Crippen molar-refractivity contribution < 1.29 is 8.42 Å². The van der Waals surface area contributed by atoms with Gasteiger partial charge in [-0.05, 0) is 20.3 Å². The summed E-state index contributed by atoms with van der Waals surface area (Å²) >= 11 is 7.04. The van der Waals surface area contributed by atoms with Crippen LogP contribution in [0.1, 0.15) is 27.2 Å². The largest absolute Gasteiger partial charge is 0.322 e. The molecule has 0 saturated carbocycles. The molecule has 5 nitrogen and oxygen atoms in total. The third-order valence-electron chi connectivity index (χ3n) is 2.71. The second-order valence-corrected chi connectivity index (χ2v) is 7.77. The molecule has 0 atom stereocenters. The van der Waals surface area contributed by atoms with Crippen molar-refractivity contribution in [1.29, 1.82) is 0 Å². The smallest absolute Gasteiger partial charge is 0.275 e. The molecule has 2 N–H and O–H groups in total. The molecule has 1 aliphatic heterocycles. The molecule has 0 bridgehead atoms. The SMILES string of the molecule is CCC(C)(C)N=C1Nc2c(Cl)csc2S(=O)(=O)N1. The number of fused-ring (bicyclic) bond motifs is 1. The molecule has 2 heterocycles. The Kier molecular flexibility index (Phi) is 3.33. The molecule has 0 fully saturated rings. The molecule has 2 rings (SSSR count). The Bertz CT molecular complexity index is 605. The van der Waals surface area contributed by atoms with Gasteiger partial charge in [-0.3, -0.25) is 0 Å². The summed E-state index contributed by atoms with van der Waals surface area (Å²) in [6.45, 7) is 5.85. The highest BCUT2D eigenvalue weighted by molar-refractivity contribution is 7.92. The summed E-state index contributed by atoms with van der Waals surface area (Å²) in [5.41, 5.74) is 0.0660.